The Bertz CT molecular complexity index is 1050. The molecule has 0 saturated carbocycles. The molecule has 4 rings (SSSR count). The fraction of sp³-hybridized carbons (Fsp3) is 0.111. The fourth-order valence-corrected chi connectivity index (χ4v) is 2.76. The Morgan fingerprint density at radius 2 is 1.96 bits per heavy atom. The van der Waals surface area contributed by atoms with Crippen molar-refractivity contribution in [3.8, 4) is 5.69 Å². The number of hydrogen-bond acceptors (Lipinski definition) is 4. The number of nitrogens with zero attached hydrogens (tertiary/aromatic N) is 5. The van der Waals surface area contributed by atoms with E-state index in [2.05, 4.69) is 20.4 Å². The number of carbonyl (C=O) groups is 1. The van der Waals surface area contributed by atoms with E-state index in [1.54, 1.807) is 23.2 Å². The second-order valence-electron chi connectivity index (χ2n) is 5.80. The molecular weight excluding hydrogens is 316 g/mol. The third-order valence-electron chi connectivity index (χ3n) is 3.95. The van der Waals surface area contributed by atoms with E-state index in [0.29, 0.717) is 16.9 Å². The van der Waals surface area contributed by atoms with Gasteiger partial charge in [0.1, 0.15) is 5.56 Å². The van der Waals surface area contributed by atoms with E-state index in [4.69, 9.17) is 0 Å². The molecule has 0 spiro atoms. The van der Waals surface area contributed by atoms with E-state index in [-0.39, 0.29) is 5.91 Å². The van der Waals surface area contributed by atoms with Gasteiger partial charge in [0, 0.05) is 35.2 Å². The number of amides is 1. The number of nitrogens with one attached hydrogen (secondary N) is 1. The molecule has 124 valence electrons. The van der Waals surface area contributed by atoms with Crippen LogP contribution in [0.4, 0.5) is 5.69 Å². The van der Waals surface area contributed by atoms with Crippen molar-refractivity contribution in [2.75, 3.05) is 5.32 Å². The van der Waals surface area contributed by atoms with Crippen molar-refractivity contribution < 1.29 is 4.79 Å². The van der Waals surface area contributed by atoms with Gasteiger partial charge in [-0.15, -0.1) is 0 Å². The highest BCUT2D eigenvalue weighted by Crippen LogP contribution is 2.16. The first-order valence-corrected chi connectivity index (χ1v) is 7.83. The van der Waals surface area contributed by atoms with Gasteiger partial charge in [0.2, 0.25) is 0 Å². The van der Waals surface area contributed by atoms with Crippen LogP contribution in [0.1, 0.15) is 21.7 Å². The first-order chi connectivity index (χ1) is 12.1. The molecule has 4 aromatic rings. The molecule has 0 atom stereocenters. The topological polar surface area (TPSA) is 77.1 Å². The standard InChI is InChI=1S/C18H16N6O/c1-12-9-13(2)24-17(21-12)16(10-20-24)18(25)22-14-3-5-15(6-4-14)23-8-7-19-11-23/h3-11H,1-2H3,(H,22,25). The summed E-state index contributed by atoms with van der Waals surface area (Å²) in [6.45, 7) is 3.84. The van der Waals surface area contributed by atoms with E-state index in [9.17, 15) is 4.79 Å². The first-order valence-electron chi connectivity index (χ1n) is 7.83. The van der Waals surface area contributed by atoms with Crippen molar-refractivity contribution in [3.63, 3.8) is 0 Å². The van der Waals surface area contributed by atoms with Crippen LogP contribution in [0.25, 0.3) is 11.3 Å². The van der Waals surface area contributed by atoms with Crippen molar-refractivity contribution in [2.45, 2.75) is 13.8 Å². The second-order valence-corrected chi connectivity index (χ2v) is 5.80. The zero-order chi connectivity index (χ0) is 17.4. The van der Waals surface area contributed by atoms with Gasteiger partial charge in [-0.05, 0) is 44.2 Å². The Morgan fingerprint density at radius 1 is 1.16 bits per heavy atom. The summed E-state index contributed by atoms with van der Waals surface area (Å²) in [6, 6.07) is 9.46. The normalized spacial score (nSPS) is 11.0. The molecule has 7 nitrogen and oxygen atoms in total. The molecule has 0 unspecified atom stereocenters. The summed E-state index contributed by atoms with van der Waals surface area (Å²) in [5, 5.41) is 7.14. The predicted octanol–water partition coefficient (Wildman–Crippen LogP) is 2.78. The number of anilines is 1. The maximum atomic E-state index is 12.6. The number of benzene rings is 1. The highest BCUT2D eigenvalue weighted by molar-refractivity contribution is 6.08. The number of hydrogen-bond donors (Lipinski definition) is 1. The molecule has 0 aliphatic rings. The Kier molecular flexibility index (Phi) is 3.53. The number of rotatable bonds is 3. The molecule has 1 amide bonds. The Balaban J connectivity index is 1.60. The van der Waals surface area contributed by atoms with Crippen molar-refractivity contribution in [3.05, 3.63) is 72.2 Å². The van der Waals surface area contributed by atoms with Gasteiger partial charge in [-0.25, -0.2) is 14.5 Å². The van der Waals surface area contributed by atoms with Gasteiger partial charge in [-0.1, -0.05) is 0 Å². The Hall–Kier alpha value is -3.48. The lowest BCUT2D eigenvalue weighted by Gasteiger charge is -2.07. The summed E-state index contributed by atoms with van der Waals surface area (Å²) in [4.78, 5) is 21.1. The molecule has 0 fully saturated rings. The van der Waals surface area contributed by atoms with E-state index < -0.39 is 0 Å². The minimum atomic E-state index is -0.233. The zero-order valence-corrected chi connectivity index (χ0v) is 13.8. The van der Waals surface area contributed by atoms with Crippen molar-refractivity contribution in [1.29, 1.82) is 0 Å². The van der Waals surface area contributed by atoms with E-state index in [1.165, 1.54) is 0 Å². The molecule has 3 heterocycles. The maximum Gasteiger partial charge on any atom is 0.261 e. The molecule has 0 bridgehead atoms. The number of fused-ring (bicyclic) bond motifs is 1. The van der Waals surface area contributed by atoms with Crippen LogP contribution in [0.3, 0.4) is 0 Å². The average molecular weight is 332 g/mol. The molecule has 0 aliphatic carbocycles. The molecule has 7 heteroatoms. The SMILES string of the molecule is Cc1cc(C)n2ncc(C(=O)Nc3ccc(-n4ccnc4)cc3)c2n1. The van der Waals surface area contributed by atoms with Crippen molar-refractivity contribution in [2.24, 2.45) is 0 Å². The third-order valence-corrected chi connectivity index (χ3v) is 3.95. The Morgan fingerprint density at radius 3 is 2.68 bits per heavy atom. The monoisotopic (exact) mass is 332 g/mol. The zero-order valence-electron chi connectivity index (χ0n) is 13.8. The van der Waals surface area contributed by atoms with E-state index >= 15 is 0 Å². The highest BCUT2D eigenvalue weighted by Gasteiger charge is 2.15. The average Bonchev–Trinajstić information content (AvgIpc) is 3.25. The summed E-state index contributed by atoms with van der Waals surface area (Å²) >= 11 is 0. The molecule has 3 aromatic heterocycles. The van der Waals surface area contributed by atoms with Crippen LogP contribution in [0.2, 0.25) is 0 Å². The highest BCUT2D eigenvalue weighted by atomic mass is 16.1. The van der Waals surface area contributed by atoms with E-state index in [1.807, 2.05) is 54.9 Å². The largest absolute Gasteiger partial charge is 0.322 e. The van der Waals surface area contributed by atoms with Gasteiger partial charge in [0.25, 0.3) is 5.91 Å². The smallest absolute Gasteiger partial charge is 0.261 e. The lowest BCUT2D eigenvalue weighted by molar-refractivity contribution is 0.102. The quantitative estimate of drug-likeness (QED) is 0.626. The molecule has 0 radical (unpaired) electrons. The summed E-state index contributed by atoms with van der Waals surface area (Å²) in [7, 11) is 0. The summed E-state index contributed by atoms with van der Waals surface area (Å²) in [5.74, 6) is -0.233. The van der Waals surface area contributed by atoms with Gasteiger partial charge in [-0.3, -0.25) is 4.79 Å². The minimum Gasteiger partial charge on any atom is -0.322 e. The summed E-state index contributed by atoms with van der Waals surface area (Å²) in [5.41, 5.74) is 4.47. The lowest BCUT2D eigenvalue weighted by Crippen LogP contribution is -2.12. The molecule has 25 heavy (non-hydrogen) atoms. The van der Waals surface area contributed by atoms with E-state index in [0.717, 1.165) is 17.1 Å². The molecular formula is C18H16N6O. The van der Waals surface area contributed by atoms with Gasteiger partial charge >= 0.3 is 0 Å². The predicted molar refractivity (Wildman–Crippen MR) is 94.0 cm³/mol. The molecule has 1 N–H and O–H groups in total. The van der Waals surface area contributed by atoms with Crippen molar-refractivity contribution >= 4 is 17.2 Å². The summed E-state index contributed by atoms with van der Waals surface area (Å²) in [6.07, 6.45) is 6.85. The molecule has 1 aromatic carbocycles. The number of imidazole rings is 1. The first kappa shape index (κ1) is 15.1. The van der Waals surface area contributed by atoms with Gasteiger partial charge < -0.3 is 9.88 Å². The van der Waals surface area contributed by atoms with Crippen LogP contribution < -0.4 is 5.32 Å². The minimum absolute atomic E-state index is 0.233. The maximum absolute atomic E-state index is 12.6. The summed E-state index contributed by atoms with van der Waals surface area (Å²) < 4.78 is 3.57. The van der Waals surface area contributed by atoms with Crippen LogP contribution in [0.5, 0.6) is 0 Å². The third kappa shape index (κ3) is 2.76. The number of aryl methyl sites for hydroxylation is 2. The number of aromatic nitrogens is 5. The van der Waals surface area contributed by atoms with Crippen LogP contribution in [0.15, 0.2) is 55.2 Å². The van der Waals surface area contributed by atoms with Gasteiger partial charge in [0.15, 0.2) is 5.65 Å². The van der Waals surface area contributed by atoms with Crippen LogP contribution >= 0.6 is 0 Å². The van der Waals surface area contributed by atoms with Gasteiger partial charge in [-0.2, -0.15) is 5.10 Å². The van der Waals surface area contributed by atoms with Crippen LogP contribution in [-0.4, -0.2) is 30.1 Å². The van der Waals surface area contributed by atoms with Crippen LogP contribution in [0, 0.1) is 13.8 Å². The van der Waals surface area contributed by atoms with Crippen LogP contribution in [-0.2, 0) is 0 Å². The number of carbonyl (C=O) groups excluding carboxylic acids is 1. The van der Waals surface area contributed by atoms with Crippen molar-refractivity contribution in [1.82, 2.24) is 24.1 Å². The molecule has 0 aliphatic heterocycles. The second kappa shape index (κ2) is 5.86. The fourth-order valence-electron chi connectivity index (χ4n) is 2.76. The molecule has 0 saturated heterocycles. The Labute approximate surface area is 144 Å². The van der Waals surface area contributed by atoms with Gasteiger partial charge in [0.05, 0.1) is 12.5 Å². The lowest BCUT2D eigenvalue weighted by atomic mass is 10.2.